The SMILES string of the molecule is COc1ncccc1-c1nc(C)c(COc2cc(C(C)C)ccc2C)c(N2C[C@H](C)N(CC(N)=O)C[C@H]2C)n1. The van der Waals surface area contributed by atoms with E-state index in [1.807, 2.05) is 19.1 Å². The van der Waals surface area contributed by atoms with Crippen molar-refractivity contribution in [1.29, 1.82) is 0 Å². The van der Waals surface area contributed by atoms with Crippen molar-refractivity contribution < 1.29 is 14.3 Å². The van der Waals surface area contributed by atoms with Gasteiger partial charge in [0.25, 0.3) is 0 Å². The fourth-order valence-electron chi connectivity index (χ4n) is 5.03. The number of carbonyl (C=O) groups is 1. The first-order valence-corrected chi connectivity index (χ1v) is 13.5. The second-order valence-electron chi connectivity index (χ2n) is 10.7. The van der Waals surface area contributed by atoms with Crippen LogP contribution in [0.25, 0.3) is 11.4 Å². The van der Waals surface area contributed by atoms with Gasteiger partial charge in [-0.05, 0) is 62.9 Å². The number of rotatable bonds is 9. The predicted molar refractivity (Wildman–Crippen MR) is 153 cm³/mol. The van der Waals surface area contributed by atoms with Crippen LogP contribution in [0.4, 0.5) is 5.82 Å². The minimum Gasteiger partial charge on any atom is -0.488 e. The second kappa shape index (κ2) is 12.0. The number of anilines is 1. The highest BCUT2D eigenvalue weighted by atomic mass is 16.5. The zero-order valence-corrected chi connectivity index (χ0v) is 24.1. The number of aryl methyl sites for hydroxylation is 2. The molecule has 9 heteroatoms. The molecule has 1 saturated heterocycles. The lowest BCUT2D eigenvalue weighted by atomic mass is 10.0. The molecule has 2 N–H and O–H groups in total. The van der Waals surface area contributed by atoms with E-state index in [0.717, 1.165) is 34.0 Å². The number of nitrogens with two attached hydrogens (primary N) is 1. The third-order valence-corrected chi connectivity index (χ3v) is 7.39. The molecule has 208 valence electrons. The van der Waals surface area contributed by atoms with Crippen LogP contribution >= 0.6 is 0 Å². The van der Waals surface area contributed by atoms with Crippen LogP contribution in [0.3, 0.4) is 0 Å². The molecule has 9 nitrogen and oxygen atoms in total. The molecule has 1 aliphatic rings. The van der Waals surface area contributed by atoms with E-state index in [4.69, 9.17) is 25.2 Å². The van der Waals surface area contributed by atoms with Crippen LogP contribution in [0.2, 0.25) is 0 Å². The third kappa shape index (κ3) is 6.30. The summed E-state index contributed by atoms with van der Waals surface area (Å²) in [5.41, 5.74) is 10.3. The lowest BCUT2D eigenvalue weighted by Crippen LogP contribution is -2.58. The van der Waals surface area contributed by atoms with E-state index in [1.54, 1.807) is 13.3 Å². The summed E-state index contributed by atoms with van der Waals surface area (Å²) in [7, 11) is 1.59. The number of hydrogen-bond acceptors (Lipinski definition) is 8. The van der Waals surface area contributed by atoms with E-state index >= 15 is 0 Å². The number of aromatic nitrogens is 3. The Balaban J connectivity index is 1.76. The number of carbonyl (C=O) groups excluding carboxylic acids is 1. The van der Waals surface area contributed by atoms with Crippen molar-refractivity contribution in [3.63, 3.8) is 0 Å². The van der Waals surface area contributed by atoms with Crippen molar-refractivity contribution in [2.24, 2.45) is 5.73 Å². The van der Waals surface area contributed by atoms with Crippen molar-refractivity contribution in [2.45, 2.75) is 66.2 Å². The highest BCUT2D eigenvalue weighted by Gasteiger charge is 2.33. The molecular weight excluding hydrogens is 492 g/mol. The maximum atomic E-state index is 11.7. The summed E-state index contributed by atoms with van der Waals surface area (Å²) in [6.45, 7) is 14.6. The van der Waals surface area contributed by atoms with Gasteiger partial charge < -0.3 is 20.1 Å². The Labute approximate surface area is 231 Å². The minimum atomic E-state index is -0.320. The van der Waals surface area contributed by atoms with Gasteiger partial charge in [-0.15, -0.1) is 0 Å². The molecule has 3 aromatic rings. The zero-order chi connectivity index (χ0) is 28.3. The van der Waals surface area contributed by atoms with Gasteiger partial charge in [-0.1, -0.05) is 26.0 Å². The number of amides is 1. The molecule has 39 heavy (non-hydrogen) atoms. The first-order chi connectivity index (χ1) is 18.6. The summed E-state index contributed by atoms with van der Waals surface area (Å²) < 4.78 is 12.0. The molecule has 0 spiro atoms. The fraction of sp³-hybridized carbons (Fsp3) is 0.467. The van der Waals surface area contributed by atoms with E-state index in [9.17, 15) is 4.79 Å². The number of methoxy groups -OCH3 is 1. The number of nitrogens with zero attached hydrogens (tertiary/aromatic N) is 5. The minimum absolute atomic E-state index is 0.0863. The van der Waals surface area contributed by atoms with Gasteiger partial charge in [0.2, 0.25) is 11.8 Å². The molecule has 1 fully saturated rings. The van der Waals surface area contributed by atoms with Crippen LogP contribution in [0.1, 0.15) is 56.0 Å². The molecule has 1 aromatic carbocycles. The largest absolute Gasteiger partial charge is 0.488 e. The van der Waals surface area contributed by atoms with Gasteiger partial charge in [0.05, 0.1) is 30.5 Å². The highest BCUT2D eigenvalue weighted by Crippen LogP contribution is 2.33. The molecule has 0 aliphatic carbocycles. The quantitative estimate of drug-likeness (QED) is 0.436. The summed E-state index contributed by atoms with van der Waals surface area (Å²) in [6.07, 6.45) is 1.69. The van der Waals surface area contributed by atoms with E-state index in [1.165, 1.54) is 5.56 Å². The summed E-state index contributed by atoms with van der Waals surface area (Å²) >= 11 is 0. The summed E-state index contributed by atoms with van der Waals surface area (Å²) in [5.74, 6) is 2.78. The number of piperazine rings is 1. The van der Waals surface area contributed by atoms with Crippen LogP contribution < -0.4 is 20.1 Å². The topological polar surface area (TPSA) is 107 Å². The average Bonchev–Trinajstić information content (AvgIpc) is 2.90. The van der Waals surface area contributed by atoms with E-state index in [0.29, 0.717) is 37.3 Å². The summed E-state index contributed by atoms with van der Waals surface area (Å²) in [4.78, 5) is 30.4. The van der Waals surface area contributed by atoms with Gasteiger partial charge in [-0.3, -0.25) is 9.69 Å². The zero-order valence-electron chi connectivity index (χ0n) is 24.1. The highest BCUT2D eigenvalue weighted by molar-refractivity contribution is 5.76. The Morgan fingerprint density at radius 2 is 1.90 bits per heavy atom. The molecule has 3 heterocycles. The first-order valence-electron chi connectivity index (χ1n) is 13.5. The van der Waals surface area contributed by atoms with Gasteiger partial charge >= 0.3 is 0 Å². The van der Waals surface area contributed by atoms with E-state index in [-0.39, 0.29) is 24.5 Å². The van der Waals surface area contributed by atoms with Crippen molar-refractivity contribution in [3.05, 3.63) is 58.9 Å². The standard InChI is InChI=1S/C30H40N6O3/c1-18(2)23-11-10-19(3)26(13-23)39-17-25-22(6)33-28(24-9-8-12-32-30(24)38-7)34-29(25)36-15-20(4)35(14-21(36)5)16-27(31)37/h8-13,18,20-21H,14-17H2,1-7H3,(H2,31,37)/t20-,21+/m0/s1. The molecule has 0 saturated carbocycles. The Kier molecular flexibility index (Phi) is 8.70. The number of primary amides is 1. The fourth-order valence-corrected chi connectivity index (χ4v) is 5.03. The third-order valence-electron chi connectivity index (χ3n) is 7.39. The number of hydrogen-bond donors (Lipinski definition) is 1. The van der Waals surface area contributed by atoms with E-state index in [2.05, 4.69) is 67.6 Å². The first kappa shape index (κ1) is 28.3. The summed E-state index contributed by atoms with van der Waals surface area (Å²) in [5, 5.41) is 0. The maximum Gasteiger partial charge on any atom is 0.231 e. The van der Waals surface area contributed by atoms with Crippen LogP contribution in [0.5, 0.6) is 11.6 Å². The molecule has 1 aliphatic heterocycles. The predicted octanol–water partition coefficient (Wildman–Crippen LogP) is 4.25. The van der Waals surface area contributed by atoms with Crippen molar-refractivity contribution in [1.82, 2.24) is 19.9 Å². The number of benzene rings is 1. The van der Waals surface area contributed by atoms with Gasteiger partial charge in [0.15, 0.2) is 5.82 Å². The Morgan fingerprint density at radius 1 is 1.13 bits per heavy atom. The van der Waals surface area contributed by atoms with E-state index < -0.39 is 0 Å². The molecule has 1 amide bonds. The van der Waals surface area contributed by atoms with Crippen LogP contribution in [0, 0.1) is 13.8 Å². The van der Waals surface area contributed by atoms with Gasteiger partial charge in [-0.25, -0.2) is 15.0 Å². The second-order valence-corrected chi connectivity index (χ2v) is 10.7. The summed E-state index contributed by atoms with van der Waals surface area (Å²) in [6, 6.07) is 10.3. The Morgan fingerprint density at radius 3 is 2.59 bits per heavy atom. The molecule has 2 aromatic heterocycles. The monoisotopic (exact) mass is 532 g/mol. The molecular formula is C30H40N6O3. The van der Waals surface area contributed by atoms with Gasteiger partial charge in [0, 0.05) is 31.4 Å². The average molecular weight is 533 g/mol. The normalized spacial score (nSPS) is 17.9. The number of ether oxygens (including phenoxy) is 2. The lowest BCUT2D eigenvalue weighted by Gasteiger charge is -2.45. The number of pyridine rings is 1. The Hall–Kier alpha value is -3.72. The van der Waals surface area contributed by atoms with Crippen molar-refractivity contribution in [2.75, 3.05) is 31.6 Å². The Bertz CT molecular complexity index is 1330. The van der Waals surface area contributed by atoms with Gasteiger partial charge in [0.1, 0.15) is 18.2 Å². The molecule has 4 rings (SSSR count). The van der Waals surface area contributed by atoms with Crippen LogP contribution in [-0.2, 0) is 11.4 Å². The maximum absolute atomic E-state index is 11.7. The van der Waals surface area contributed by atoms with Crippen LogP contribution in [0.15, 0.2) is 36.5 Å². The molecule has 0 unspecified atom stereocenters. The smallest absolute Gasteiger partial charge is 0.231 e. The van der Waals surface area contributed by atoms with Gasteiger partial charge in [-0.2, -0.15) is 0 Å². The van der Waals surface area contributed by atoms with Crippen molar-refractivity contribution >= 4 is 11.7 Å². The lowest BCUT2D eigenvalue weighted by molar-refractivity contribution is -0.119. The molecule has 0 radical (unpaired) electrons. The molecule has 0 bridgehead atoms. The molecule has 2 atom stereocenters. The van der Waals surface area contributed by atoms with Crippen molar-refractivity contribution in [3.8, 4) is 23.0 Å². The van der Waals surface area contributed by atoms with Crippen LogP contribution in [-0.4, -0.2) is 64.6 Å².